The molecule has 1 fully saturated rings. The first-order chi connectivity index (χ1) is 5.87. The lowest BCUT2D eigenvalue weighted by molar-refractivity contribution is 0.0484. The van der Waals surface area contributed by atoms with Gasteiger partial charge in [0.15, 0.2) is 0 Å². The van der Waals surface area contributed by atoms with Crippen LogP contribution >= 0.6 is 22.6 Å². The smallest absolute Gasteiger partial charge is 0.407 e. The lowest BCUT2D eigenvalue weighted by atomic mass is 9.93. The number of alkyl carbamates (subject to hydrolysis) is 1. The van der Waals surface area contributed by atoms with Crippen molar-refractivity contribution < 1.29 is 9.53 Å². The van der Waals surface area contributed by atoms with Crippen LogP contribution in [0.1, 0.15) is 33.6 Å². The number of halogens is 1. The summed E-state index contributed by atoms with van der Waals surface area (Å²) in [6, 6.07) is 0.330. The molecule has 0 saturated heterocycles. The zero-order valence-electron chi connectivity index (χ0n) is 8.26. The Kier molecular flexibility index (Phi) is 3.43. The third-order valence-corrected chi connectivity index (χ3v) is 2.82. The first-order valence-corrected chi connectivity index (χ1v) is 5.75. The number of hydrogen-bond donors (Lipinski definition) is 1. The molecule has 0 unspecified atom stereocenters. The molecular weight excluding hydrogens is 281 g/mol. The Morgan fingerprint density at radius 3 is 2.38 bits per heavy atom. The molecule has 13 heavy (non-hydrogen) atoms. The molecular formula is C9H16INO2. The second kappa shape index (κ2) is 4.02. The van der Waals surface area contributed by atoms with Gasteiger partial charge in [-0.1, -0.05) is 22.6 Å². The van der Waals surface area contributed by atoms with Gasteiger partial charge in [-0.2, -0.15) is 0 Å². The second-order valence-electron chi connectivity index (χ2n) is 4.41. The van der Waals surface area contributed by atoms with Gasteiger partial charge in [-0.05, 0) is 33.6 Å². The van der Waals surface area contributed by atoms with Gasteiger partial charge in [-0.25, -0.2) is 4.79 Å². The minimum absolute atomic E-state index is 0.291. The molecule has 4 heteroatoms. The van der Waals surface area contributed by atoms with E-state index in [1.807, 2.05) is 20.8 Å². The second-order valence-corrected chi connectivity index (χ2v) is 6.17. The van der Waals surface area contributed by atoms with E-state index in [2.05, 4.69) is 27.9 Å². The summed E-state index contributed by atoms with van der Waals surface area (Å²) in [4.78, 5) is 11.2. The maximum atomic E-state index is 11.2. The molecule has 0 spiro atoms. The lowest BCUT2D eigenvalue weighted by Gasteiger charge is -2.32. The fourth-order valence-corrected chi connectivity index (χ4v) is 2.37. The lowest BCUT2D eigenvalue weighted by Crippen LogP contribution is -2.46. The molecule has 1 N–H and O–H groups in total. The van der Waals surface area contributed by atoms with Crippen molar-refractivity contribution in [3.8, 4) is 0 Å². The Morgan fingerprint density at radius 1 is 1.46 bits per heavy atom. The van der Waals surface area contributed by atoms with E-state index in [9.17, 15) is 4.79 Å². The average Bonchev–Trinajstić information content (AvgIpc) is 1.79. The molecule has 0 aromatic heterocycles. The van der Waals surface area contributed by atoms with Crippen molar-refractivity contribution in [3.05, 3.63) is 0 Å². The number of carbonyl (C=O) groups is 1. The average molecular weight is 297 g/mol. The van der Waals surface area contributed by atoms with Crippen LogP contribution in [-0.2, 0) is 4.74 Å². The van der Waals surface area contributed by atoms with Crippen LogP contribution in [0.3, 0.4) is 0 Å². The highest BCUT2D eigenvalue weighted by atomic mass is 127. The molecule has 76 valence electrons. The van der Waals surface area contributed by atoms with Crippen LogP contribution in [0.25, 0.3) is 0 Å². The van der Waals surface area contributed by atoms with E-state index in [-0.39, 0.29) is 6.09 Å². The van der Waals surface area contributed by atoms with Crippen molar-refractivity contribution in [3.63, 3.8) is 0 Å². The van der Waals surface area contributed by atoms with E-state index >= 15 is 0 Å². The molecule has 0 aromatic rings. The van der Waals surface area contributed by atoms with Crippen molar-refractivity contribution in [2.45, 2.75) is 49.2 Å². The van der Waals surface area contributed by atoms with E-state index in [0.29, 0.717) is 6.04 Å². The molecule has 1 rings (SSSR count). The van der Waals surface area contributed by atoms with Crippen LogP contribution in [0, 0.1) is 0 Å². The molecule has 3 nitrogen and oxygen atoms in total. The minimum atomic E-state index is -0.391. The van der Waals surface area contributed by atoms with E-state index in [4.69, 9.17) is 4.74 Å². The van der Waals surface area contributed by atoms with Gasteiger partial charge >= 0.3 is 6.09 Å². The van der Waals surface area contributed by atoms with Crippen LogP contribution < -0.4 is 5.32 Å². The summed E-state index contributed by atoms with van der Waals surface area (Å²) >= 11 is 2.39. The molecule has 0 heterocycles. The summed E-state index contributed by atoms with van der Waals surface area (Å²) in [5, 5.41) is 2.84. The first-order valence-electron chi connectivity index (χ1n) is 4.50. The van der Waals surface area contributed by atoms with E-state index in [1.54, 1.807) is 0 Å². The number of nitrogens with one attached hydrogen (secondary N) is 1. The van der Waals surface area contributed by atoms with Gasteiger partial charge in [0.1, 0.15) is 5.60 Å². The number of carbonyl (C=O) groups excluding carboxylic acids is 1. The van der Waals surface area contributed by atoms with Crippen LogP contribution in [0.2, 0.25) is 0 Å². The van der Waals surface area contributed by atoms with Crippen LogP contribution in [-0.4, -0.2) is 21.7 Å². The Morgan fingerprint density at radius 2 is 2.00 bits per heavy atom. The topological polar surface area (TPSA) is 38.3 Å². The van der Waals surface area contributed by atoms with Crippen LogP contribution in [0.15, 0.2) is 0 Å². The van der Waals surface area contributed by atoms with Crippen molar-refractivity contribution >= 4 is 28.7 Å². The molecule has 0 bridgehead atoms. The van der Waals surface area contributed by atoms with E-state index < -0.39 is 5.60 Å². The van der Waals surface area contributed by atoms with Crippen molar-refractivity contribution in [2.24, 2.45) is 0 Å². The molecule has 0 atom stereocenters. The van der Waals surface area contributed by atoms with Gasteiger partial charge in [-0.15, -0.1) is 0 Å². The van der Waals surface area contributed by atoms with Crippen molar-refractivity contribution in [1.29, 1.82) is 0 Å². The molecule has 1 aliphatic rings. The Balaban J connectivity index is 2.19. The number of amides is 1. The number of alkyl halides is 1. The highest BCUT2D eigenvalue weighted by molar-refractivity contribution is 14.1. The molecule has 0 aliphatic heterocycles. The number of rotatable bonds is 1. The highest BCUT2D eigenvalue weighted by Crippen LogP contribution is 2.27. The SMILES string of the molecule is CC(C)(C)OC(=O)NC1CC(I)C1. The number of hydrogen-bond acceptors (Lipinski definition) is 2. The Bertz CT molecular complexity index is 194. The molecule has 1 saturated carbocycles. The molecule has 0 aromatic carbocycles. The summed E-state index contributed by atoms with van der Waals surface area (Å²) in [5.74, 6) is 0. The van der Waals surface area contributed by atoms with Gasteiger partial charge in [0.25, 0.3) is 0 Å². The Hall–Kier alpha value is 0. The van der Waals surface area contributed by atoms with E-state index in [0.717, 1.165) is 16.8 Å². The third-order valence-electron chi connectivity index (χ3n) is 1.80. The maximum absolute atomic E-state index is 11.2. The summed E-state index contributed by atoms with van der Waals surface area (Å²) in [7, 11) is 0. The zero-order valence-corrected chi connectivity index (χ0v) is 10.4. The normalized spacial score (nSPS) is 27.7. The predicted molar refractivity (Wildman–Crippen MR) is 60.2 cm³/mol. The third kappa shape index (κ3) is 4.15. The summed E-state index contributed by atoms with van der Waals surface area (Å²) in [6.45, 7) is 5.61. The van der Waals surface area contributed by atoms with Crippen molar-refractivity contribution in [1.82, 2.24) is 5.32 Å². The molecule has 1 amide bonds. The van der Waals surface area contributed by atoms with Crippen LogP contribution in [0.5, 0.6) is 0 Å². The first kappa shape index (κ1) is 11.1. The van der Waals surface area contributed by atoms with Gasteiger partial charge in [0.05, 0.1) is 0 Å². The summed E-state index contributed by atoms with van der Waals surface area (Å²) < 4.78 is 5.85. The fourth-order valence-electron chi connectivity index (χ4n) is 1.14. The van der Waals surface area contributed by atoms with Crippen molar-refractivity contribution in [2.75, 3.05) is 0 Å². The quantitative estimate of drug-likeness (QED) is 0.596. The largest absolute Gasteiger partial charge is 0.444 e. The summed E-state index contributed by atoms with van der Waals surface area (Å²) in [5.41, 5.74) is -0.391. The fraction of sp³-hybridized carbons (Fsp3) is 0.889. The minimum Gasteiger partial charge on any atom is -0.444 e. The predicted octanol–water partition coefficient (Wildman–Crippen LogP) is 2.48. The molecule has 1 aliphatic carbocycles. The summed E-state index contributed by atoms with van der Waals surface area (Å²) in [6.07, 6.45) is 1.85. The highest BCUT2D eigenvalue weighted by Gasteiger charge is 2.29. The van der Waals surface area contributed by atoms with Gasteiger partial charge in [0, 0.05) is 9.97 Å². The monoisotopic (exact) mass is 297 g/mol. The Labute approximate surface area is 92.7 Å². The zero-order chi connectivity index (χ0) is 10.1. The van der Waals surface area contributed by atoms with Gasteiger partial charge in [0.2, 0.25) is 0 Å². The molecule has 0 radical (unpaired) electrons. The maximum Gasteiger partial charge on any atom is 0.407 e. The van der Waals surface area contributed by atoms with E-state index in [1.165, 1.54) is 0 Å². The standard InChI is InChI=1S/C9H16INO2/c1-9(2,3)13-8(12)11-7-4-6(10)5-7/h6-7H,4-5H2,1-3H3,(H,11,12). The number of ether oxygens (including phenoxy) is 1. The van der Waals surface area contributed by atoms with Gasteiger partial charge in [-0.3, -0.25) is 0 Å². The van der Waals surface area contributed by atoms with Gasteiger partial charge < -0.3 is 10.1 Å². The van der Waals surface area contributed by atoms with Crippen LogP contribution in [0.4, 0.5) is 4.79 Å².